The quantitative estimate of drug-likeness (QED) is 0.825. The molecule has 5 nitrogen and oxygen atoms in total. The van der Waals surface area contributed by atoms with Gasteiger partial charge in [0.1, 0.15) is 5.82 Å². The van der Waals surface area contributed by atoms with E-state index in [0.717, 1.165) is 17.7 Å². The van der Waals surface area contributed by atoms with Gasteiger partial charge in [0.15, 0.2) is 0 Å². The van der Waals surface area contributed by atoms with Gasteiger partial charge in [0, 0.05) is 23.6 Å². The minimum absolute atomic E-state index is 0.0385. The maximum absolute atomic E-state index is 12.1. The SMILES string of the molecule is Nc1ccc(SC2CC(=O)N(C3CC3)C2=O)cn1. The Morgan fingerprint density at radius 2 is 2.11 bits per heavy atom. The van der Waals surface area contributed by atoms with E-state index in [4.69, 9.17) is 5.73 Å². The highest BCUT2D eigenvalue weighted by Crippen LogP contribution is 2.37. The number of pyridine rings is 1. The van der Waals surface area contributed by atoms with E-state index in [2.05, 4.69) is 4.98 Å². The van der Waals surface area contributed by atoms with Crippen LogP contribution in [0.2, 0.25) is 0 Å². The second kappa shape index (κ2) is 4.28. The maximum atomic E-state index is 12.1. The molecule has 2 fully saturated rings. The van der Waals surface area contributed by atoms with Crippen LogP contribution in [0, 0.1) is 0 Å². The predicted molar refractivity (Wildman–Crippen MR) is 67.8 cm³/mol. The summed E-state index contributed by atoms with van der Waals surface area (Å²) in [6.45, 7) is 0. The number of amides is 2. The van der Waals surface area contributed by atoms with Crippen LogP contribution in [0.1, 0.15) is 19.3 Å². The number of imide groups is 1. The molecule has 0 radical (unpaired) electrons. The third-order valence-electron chi connectivity index (χ3n) is 3.09. The van der Waals surface area contributed by atoms with Gasteiger partial charge in [0.05, 0.1) is 5.25 Å². The van der Waals surface area contributed by atoms with E-state index >= 15 is 0 Å². The molecule has 3 rings (SSSR count). The summed E-state index contributed by atoms with van der Waals surface area (Å²) in [5.74, 6) is 0.362. The number of nitrogen functional groups attached to an aromatic ring is 1. The first-order valence-corrected chi connectivity index (χ1v) is 6.77. The molecule has 0 aromatic carbocycles. The Bertz CT molecular complexity index is 499. The number of likely N-dealkylation sites (tertiary alicyclic amines) is 1. The number of carbonyl (C=O) groups is 2. The van der Waals surface area contributed by atoms with Crippen LogP contribution >= 0.6 is 11.8 Å². The third kappa shape index (κ3) is 2.08. The van der Waals surface area contributed by atoms with Gasteiger partial charge in [-0.3, -0.25) is 14.5 Å². The number of hydrogen-bond donors (Lipinski definition) is 1. The first kappa shape index (κ1) is 11.5. The van der Waals surface area contributed by atoms with Gasteiger partial charge < -0.3 is 5.73 Å². The Hall–Kier alpha value is -1.56. The number of aromatic nitrogens is 1. The molecule has 94 valence electrons. The zero-order valence-electron chi connectivity index (χ0n) is 9.70. The normalized spacial score (nSPS) is 23.8. The lowest BCUT2D eigenvalue weighted by Crippen LogP contribution is -2.33. The highest BCUT2D eigenvalue weighted by molar-refractivity contribution is 8.00. The summed E-state index contributed by atoms with van der Waals surface area (Å²) >= 11 is 1.39. The van der Waals surface area contributed by atoms with E-state index in [1.807, 2.05) is 6.07 Å². The molecule has 18 heavy (non-hydrogen) atoms. The van der Waals surface area contributed by atoms with Crippen LogP contribution < -0.4 is 5.73 Å². The lowest BCUT2D eigenvalue weighted by atomic mass is 10.4. The van der Waals surface area contributed by atoms with Crippen molar-refractivity contribution in [1.29, 1.82) is 0 Å². The smallest absolute Gasteiger partial charge is 0.243 e. The van der Waals surface area contributed by atoms with Crippen molar-refractivity contribution in [2.75, 3.05) is 5.73 Å². The van der Waals surface area contributed by atoms with Gasteiger partial charge in [-0.05, 0) is 25.0 Å². The van der Waals surface area contributed by atoms with Crippen molar-refractivity contribution < 1.29 is 9.59 Å². The highest BCUT2D eigenvalue weighted by Gasteiger charge is 2.46. The summed E-state index contributed by atoms with van der Waals surface area (Å²) in [5.41, 5.74) is 5.50. The molecule has 6 heteroatoms. The van der Waals surface area contributed by atoms with Crippen molar-refractivity contribution in [3.05, 3.63) is 18.3 Å². The molecule has 1 aliphatic heterocycles. The first-order valence-electron chi connectivity index (χ1n) is 5.89. The highest BCUT2D eigenvalue weighted by atomic mass is 32.2. The van der Waals surface area contributed by atoms with E-state index in [1.165, 1.54) is 16.7 Å². The van der Waals surface area contributed by atoms with Crippen LogP contribution in [0.15, 0.2) is 23.2 Å². The average Bonchev–Trinajstić information content (AvgIpc) is 3.12. The second-order valence-electron chi connectivity index (χ2n) is 4.56. The minimum atomic E-state index is -0.302. The van der Waals surface area contributed by atoms with Crippen molar-refractivity contribution in [2.45, 2.75) is 35.4 Å². The summed E-state index contributed by atoms with van der Waals surface area (Å²) in [5, 5.41) is -0.302. The fraction of sp³-hybridized carbons (Fsp3) is 0.417. The summed E-state index contributed by atoms with van der Waals surface area (Å²) < 4.78 is 0. The van der Waals surface area contributed by atoms with Gasteiger partial charge in [-0.15, -0.1) is 11.8 Å². The number of rotatable bonds is 3. The number of thioether (sulfide) groups is 1. The van der Waals surface area contributed by atoms with Gasteiger partial charge >= 0.3 is 0 Å². The van der Waals surface area contributed by atoms with Crippen LogP contribution in [0.25, 0.3) is 0 Å². The number of hydrogen-bond acceptors (Lipinski definition) is 5. The monoisotopic (exact) mass is 263 g/mol. The number of nitrogens with two attached hydrogens (primary N) is 1. The lowest BCUT2D eigenvalue weighted by Gasteiger charge is -2.13. The van der Waals surface area contributed by atoms with Crippen molar-refractivity contribution in [1.82, 2.24) is 9.88 Å². The van der Waals surface area contributed by atoms with E-state index in [-0.39, 0.29) is 23.1 Å². The van der Waals surface area contributed by atoms with Crippen molar-refractivity contribution in [3.63, 3.8) is 0 Å². The Morgan fingerprint density at radius 1 is 1.33 bits per heavy atom. The minimum Gasteiger partial charge on any atom is -0.384 e. The number of nitrogens with zero attached hydrogens (tertiary/aromatic N) is 2. The number of carbonyl (C=O) groups excluding carboxylic acids is 2. The molecular formula is C12H13N3O2S. The largest absolute Gasteiger partial charge is 0.384 e. The Balaban J connectivity index is 1.72. The molecule has 2 N–H and O–H groups in total. The van der Waals surface area contributed by atoms with Crippen LogP contribution in [-0.4, -0.2) is 33.0 Å². The van der Waals surface area contributed by atoms with Gasteiger partial charge in [-0.25, -0.2) is 4.98 Å². The van der Waals surface area contributed by atoms with E-state index in [1.54, 1.807) is 12.3 Å². The van der Waals surface area contributed by atoms with Crippen LogP contribution in [0.5, 0.6) is 0 Å². The first-order chi connectivity index (χ1) is 8.65. The maximum Gasteiger partial charge on any atom is 0.243 e. The molecule has 1 aromatic rings. The molecule has 1 saturated heterocycles. The lowest BCUT2D eigenvalue weighted by molar-refractivity contribution is -0.138. The molecule has 1 atom stereocenters. The molecule has 1 unspecified atom stereocenters. The predicted octanol–water partition coefficient (Wildman–Crippen LogP) is 1.05. The molecular weight excluding hydrogens is 250 g/mol. The Kier molecular flexibility index (Phi) is 2.74. The summed E-state index contributed by atoms with van der Waals surface area (Å²) in [7, 11) is 0. The van der Waals surface area contributed by atoms with E-state index in [9.17, 15) is 9.59 Å². The van der Waals surface area contributed by atoms with E-state index < -0.39 is 0 Å². The summed E-state index contributed by atoms with van der Waals surface area (Å²) in [6, 6.07) is 3.69. The topological polar surface area (TPSA) is 76.3 Å². The van der Waals surface area contributed by atoms with E-state index in [0.29, 0.717) is 12.2 Å². The van der Waals surface area contributed by atoms with Gasteiger partial charge in [0.2, 0.25) is 11.8 Å². The van der Waals surface area contributed by atoms with Crippen molar-refractivity contribution in [2.24, 2.45) is 0 Å². The fourth-order valence-corrected chi connectivity index (χ4v) is 3.09. The Morgan fingerprint density at radius 3 is 2.72 bits per heavy atom. The zero-order valence-corrected chi connectivity index (χ0v) is 10.5. The standard InChI is InChI=1S/C12H13N3O2S/c13-10-4-3-8(6-14-10)18-9-5-11(16)15(12(9)17)7-1-2-7/h3-4,6-7,9H,1-2,5H2,(H2,13,14). The summed E-state index contributed by atoms with van der Waals surface area (Å²) in [6.07, 6.45) is 3.85. The number of anilines is 1. The molecule has 1 saturated carbocycles. The van der Waals surface area contributed by atoms with Crippen LogP contribution in [-0.2, 0) is 9.59 Å². The molecule has 2 amide bonds. The van der Waals surface area contributed by atoms with Crippen molar-refractivity contribution >= 4 is 29.4 Å². The molecule has 2 heterocycles. The molecule has 1 aromatic heterocycles. The van der Waals surface area contributed by atoms with Gasteiger partial charge in [-0.2, -0.15) is 0 Å². The van der Waals surface area contributed by atoms with Crippen LogP contribution in [0.4, 0.5) is 5.82 Å². The van der Waals surface area contributed by atoms with Gasteiger partial charge in [-0.1, -0.05) is 0 Å². The fourth-order valence-electron chi connectivity index (χ4n) is 2.06. The molecule has 0 bridgehead atoms. The molecule has 1 aliphatic carbocycles. The molecule has 0 spiro atoms. The Labute approximate surface area is 109 Å². The van der Waals surface area contributed by atoms with Gasteiger partial charge in [0.25, 0.3) is 0 Å². The zero-order chi connectivity index (χ0) is 12.7. The van der Waals surface area contributed by atoms with Crippen LogP contribution in [0.3, 0.4) is 0 Å². The second-order valence-corrected chi connectivity index (χ2v) is 5.84. The average molecular weight is 263 g/mol. The summed E-state index contributed by atoms with van der Waals surface area (Å²) in [4.78, 5) is 30.2. The third-order valence-corrected chi connectivity index (χ3v) is 4.26. The van der Waals surface area contributed by atoms with Crippen molar-refractivity contribution in [3.8, 4) is 0 Å². The molecule has 2 aliphatic rings.